The SMILES string of the molecule is CC(C)(C)OC(=O)c1cc(-c2cccc(Br)c2)ns1. The van der Waals surface area contributed by atoms with Crippen molar-refractivity contribution in [2.45, 2.75) is 26.4 Å². The molecule has 2 aromatic rings. The number of ether oxygens (including phenoxy) is 1. The standard InChI is InChI=1S/C14H14BrNO2S/c1-14(2,3)18-13(17)12-8-11(16-19-12)9-5-4-6-10(15)7-9/h4-8H,1-3H3. The van der Waals surface area contributed by atoms with Crippen LogP contribution in [0.3, 0.4) is 0 Å². The fourth-order valence-electron chi connectivity index (χ4n) is 1.48. The number of hydrogen-bond donors (Lipinski definition) is 0. The van der Waals surface area contributed by atoms with Crippen molar-refractivity contribution in [1.29, 1.82) is 0 Å². The van der Waals surface area contributed by atoms with Crippen LogP contribution in [0.1, 0.15) is 30.4 Å². The Morgan fingerprint density at radius 3 is 2.68 bits per heavy atom. The van der Waals surface area contributed by atoms with Gasteiger partial charge in [-0.1, -0.05) is 28.1 Å². The molecule has 0 saturated heterocycles. The summed E-state index contributed by atoms with van der Waals surface area (Å²) in [4.78, 5) is 12.4. The molecule has 0 radical (unpaired) electrons. The minimum atomic E-state index is -0.489. The Balaban J connectivity index is 2.22. The first kappa shape index (κ1) is 14.2. The van der Waals surface area contributed by atoms with Crippen molar-refractivity contribution in [1.82, 2.24) is 4.37 Å². The molecule has 0 atom stereocenters. The lowest BCUT2D eigenvalue weighted by Gasteiger charge is -2.18. The van der Waals surface area contributed by atoms with Crippen LogP contribution in [-0.2, 0) is 4.74 Å². The number of carbonyl (C=O) groups is 1. The van der Waals surface area contributed by atoms with Gasteiger partial charge in [0.2, 0.25) is 0 Å². The van der Waals surface area contributed by atoms with Crippen LogP contribution in [0.15, 0.2) is 34.8 Å². The summed E-state index contributed by atoms with van der Waals surface area (Å²) in [6.45, 7) is 5.55. The minimum absolute atomic E-state index is 0.328. The van der Waals surface area contributed by atoms with Crippen LogP contribution in [0.5, 0.6) is 0 Å². The van der Waals surface area contributed by atoms with Gasteiger partial charge in [-0.15, -0.1) is 0 Å². The molecule has 0 bridgehead atoms. The average molecular weight is 340 g/mol. The third kappa shape index (κ3) is 3.88. The molecule has 1 aromatic carbocycles. The van der Waals surface area contributed by atoms with E-state index in [0.717, 1.165) is 27.3 Å². The molecule has 2 rings (SSSR count). The van der Waals surface area contributed by atoms with E-state index < -0.39 is 5.60 Å². The van der Waals surface area contributed by atoms with Crippen LogP contribution >= 0.6 is 27.5 Å². The first-order valence-electron chi connectivity index (χ1n) is 5.81. The number of hydrogen-bond acceptors (Lipinski definition) is 4. The van der Waals surface area contributed by atoms with Gasteiger partial charge in [0.15, 0.2) is 0 Å². The van der Waals surface area contributed by atoms with Gasteiger partial charge < -0.3 is 4.74 Å². The van der Waals surface area contributed by atoms with Crippen molar-refractivity contribution in [3.63, 3.8) is 0 Å². The predicted octanol–water partition coefficient (Wildman–Crippen LogP) is 4.53. The summed E-state index contributed by atoms with van der Waals surface area (Å²) in [7, 11) is 0. The molecule has 5 heteroatoms. The smallest absolute Gasteiger partial charge is 0.350 e. The Labute approximate surface area is 124 Å². The van der Waals surface area contributed by atoms with Crippen molar-refractivity contribution in [2.75, 3.05) is 0 Å². The van der Waals surface area contributed by atoms with Crippen LogP contribution in [0, 0.1) is 0 Å². The molecule has 0 spiro atoms. The van der Waals surface area contributed by atoms with Gasteiger partial charge in [-0.25, -0.2) is 4.79 Å². The van der Waals surface area contributed by atoms with E-state index in [1.165, 1.54) is 0 Å². The predicted molar refractivity (Wildman–Crippen MR) is 80.4 cm³/mol. The van der Waals surface area contributed by atoms with Gasteiger partial charge in [0.1, 0.15) is 10.5 Å². The van der Waals surface area contributed by atoms with Gasteiger partial charge in [0, 0.05) is 10.0 Å². The third-order valence-electron chi connectivity index (χ3n) is 2.23. The number of rotatable bonds is 2. The Bertz CT molecular complexity index is 601. The van der Waals surface area contributed by atoms with Gasteiger partial charge in [0.05, 0.1) is 5.69 Å². The van der Waals surface area contributed by atoms with Crippen molar-refractivity contribution < 1.29 is 9.53 Å². The number of esters is 1. The second kappa shape index (κ2) is 5.43. The van der Waals surface area contributed by atoms with Gasteiger partial charge in [-0.3, -0.25) is 0 Å². The van der Waals surface area contributed by atoms with Crippen LogP contribution in [0.4, 0.5) is 0 Å². The molecule has 0 fully saturated rings. The lowest BCUT2D eigenvalue weighted by Crippen LogP contribution is -2.23. The van der Waals surface area contributed by atoms with Gasteiger partial charge >= 0.3 is 5.97 Å². The lowest BCUT2D eigenvalue weighted by atomic mass is 10.1. The van der Waals surface area contributed by atoms with Crippen LogP contribution in [0.2, 0.25) is 0 Å². The highest BCUT2D eigenvalue weighted by Gasteiger charge is 2.20. The average Bonchev–Trinajstić information content (AvgIpc) is 2.75. The molecular weight excluding hydrogens is 326 g/mol. The number of carbonyl (C=O) groups excluding carboxylic acids is 1. The summed E-state index contributed by atoms with van der Waals surface area (Å²) in [5, 5.41) is 0. The number of halogens is 1. The van der Waals surface area contributed by atoms with E-state index >= 15 is 0 Å². The number of nitrogens with zero attached hydrogens (tertiary/aromatic N) is 1. The quantitative estimate of drug-likeness (QED) is 0.754. The molecule has 1 heterocycles. The highest BCUT2D eigenvalue weighted by Crippen LogP contribution is 2.25. The zero-order chi connectivity index (χ0) is 14.0. The molecule has 0 saturated carbocycles. The Morgan fingerprint density at radius 2 is 2.05 bits per heavy atom. The zero-order valence-corrected chi connectivity index (χ0v) is 13.3. The van der Waals surface area contributed by atoms with E-state index in [4.69, 9.17) is 4.74 Å². The van der Waals surface area contributed by atoms with E-state index in [1.807, 2.05) is 45.0 Å². The molecule has 1 aromatic heterocycles. The fourth-order valence-corrected chi connectivity index (χ4v) is 2.52. The Kier molecular flexibility index (Phi) is 4.06. The summed E-state index contributed by atoms with van der Waals surface area (Å²) >= 11 is 4.58. The first-order valence-corrected chi connectivity index (χ1v) is 7.38. The minimum Gasteiger partial charge on any atom is -0.456 e. The summed E-state index contributed by atoms with van der Waals surface area (Å²) < 4.78 is 10.6. The molecule has 100 valence electrons. The van der Waals surface area contributed by atoms with E-state index in [1.54, 1.807) is 6.07 Å². The Morgan fingerprint density at radius 1 is 1.32 bits per heavy atom. The Hall–Kier alpha value is -1.20. The topological polar surface area (TPSA) is 39.2 Å². The van der Waals surface area contributed by atoms with Crippen LogP contribution in [-0.4, -0.2) is 15.9 Å². The maximum Gasteiger partial charge on any atom is 0.350 e. The summed E-state index contributed by atoms with van der Waals surface area (Å²) in [5.41, 5.74) is 1.27. The number of benzene rings is 1. The maximum absolute atomic E-state index is 11.9. The fraction of sp³-hybridized carbons (Fsp3) is 0.286. The van der Waals surface area contributed by atoms with E-state index in [-0.39, 0.29) is 5.97 Å². The van der Waals surface area contributed by atoms with Crippen LogP contribution in [0.25, 0.3) is 11.3 Å². The zero-order valence-electron chi connectivity index (χ0n) is 10.9. The third-order valence-corrected chi connectivity index (χ3v) is 3.49. The second-order valence-corrected chi connectivity index (χ2v) is 6.81. The molecule has 0 N–H and O–H groups in total. The summed E-state index contributed by atoms with van der Waals surface area (Å²) in [5.74, 6) is -0.328. The molecular formula is C14H14BrNO2S. The van der Waals surface area contributed by atoms with Crippen LogP contribution < -0.4 is 0 Å². The molecule has 0 aliphatic carbocycles. The number of aromatic nitrogens is 1. The molecule has 0 amide bonds. The monoisotopic (exact) mass is 339 g/mol. The lowest BCUT2D eigenvalue weighted by molar-refractivity contribution is 0.00753. The molecule has 0 aliphatic rings. The van der Waals surface area contributed by atoms with E-state index in [2.05, 4.69) is 20.3 Å². The highest BCUT2D eigenvalue weighted by molar-refractivity contribution is 9.10. The normalized spacial score (nSPS) is 11.4. The van der Waals surface area contributed by atoms with Crippen molar-refractivity contribution in [3.8, 4) is 11.3 Å². The highest BCUT2D eigenvalue weighted by atomic mass is 79.9. The van der Waals surface area contributed by atoms with Crippen molar-refractivity contribution >= 4 is 33.4 Å². The second-order valence-electron chi connectivity index (χ2n) is 5.09. The van der Waals surface area contributed by atoms with Gasteiger partial charge in [-0.2, -0.15) is 4.37 Å². The maximum atomic E-state index is 11.9. The largest absolute Gasteiger partial charge is 0.456 e. The molecule has 0 unspecified atom stereocenters. The van der Waals surface area contributed by atoms with Gasteiger partial charge in [0.25, 0.3) is 0 Å². The van der Waals surface area contributed by atoms with Crippen molar-refractivity contribution in [3.05, 3.63) is 39.7 Å². The van der Waals surface area contributed by atoms with E-state index in [9.17, 15) is 4.79 Å². The summed E-state index contributed by atoms with van der Waals surface area (Å²) in [6, 6.07) is 9.57. The first-order chi connectivity index (χ1) is 8.85. The van der Waals surface area contributed by atoms with Crippen molar-refractivity contribution in [2.24, 2.45) is 0 Å². The van der Waals surface area contributed by atoms with E-state index in [0.29, 0.717) is 4.88 Å². The van der Waals surface area contributed by atoms with Gasteiger partial charge in [-0.05, 0) is 50.5 Å². The molecule has 3 nitrogen and oxygen atoms in total. The summed E-state index contributed by atoms with van der Waals surface area (Å²) in [6.07, 6.45) is 0. The molecule has 0 aliphatic heterocycles. The molecule has 19 heavy (non-hydrogen) atoms.